The fourth-order valence-electron chi connectivity index (χ4n) is 2.45. The molecule has 124 valence electrons. The summed E-state index contributed by atoms with van der Waals surface area (Å²) in [6.45, 7) is 1.99. The zero-order chi connectivity index (χ0) is 17.4. The Morgan fingerprint density at radius 2 is 1.52 bits per heavy atom. The molecule has 0 atom stereocenters. The zero-order valence-electron chi connectivity index (χ0n) is 13.2. The second-order valence-electron chi connectivity index (χ2n) is 5.49. The Labute approximate surface area is 157 Å². The second kappa shape index (κ2) is 6.67. The van der Waals surface area contributed by atoms with Gasteiger partial charge in [-0.05, 0) is 43.3 Å². The smallest absolute Gasteiger partial charge is 0.124 e. The van der Waals surface area contributed by atoms with Gasteiger partial charge in [-0.25, -0.2) is 14.4 Å². The van der Waals surface area contributed by atoms with Crippen LogP contribution in [0.5, 0.6) is 0 Å². The molecule has 0 unspecified atom stereocenters. The minimum absolute atomic E-state index is 0.244. The van der Waals surface area contributed by atoms with Crippen LogP contribution in [0.1, 0.15) is 5.69 Å². The summed E-state index contributed by atoms with van der Waals surface area (Å²) in [5, 5.41) is 4.54. The average molecular weight is 387 g/mol. The lowest BCUT2D eigenvalue weighted by molar-refractivity contribution is 0.628. The molecule has 0 fully saturated rings. The lowest BCUT2D eigenvalue weighted by Crippen LogP contribution is -1.80. The molecular formula is C19H12ClFN2S2. The van der Waals surface area contributed by atoms with E-state index in [2.05, 4.69) is 4.98 Å². The van der Waals surface area contributed by atoms with Crippen LogP contribution in [-0.2, 0) is 0 Å². The molecule has 0 aliphatic heterocycles. The van der Waals surface area contributed by atoms with Crippen molar-refractivity contribution < 1.29 is 4.39 Å². The van der Waals surface area contributed by atoms with Crippen molar-refractivity contribution in [2.24, 2.45) is 0 Å². The van der Waals surface area contributed by atoms with Crippen molar-refractivity contribution >= 4 is 34.3 Å². The van der Waals surface area contributed by atoms with Crippen LogP contribution < -0.4 is 0 Å². The monoisotopic (exact) mass is 386 g/mol. The van der Waals surface area contributed by atoms with E-state index in [0.29, 0.717) is 5.02 Å². The van der Waals surface area contributed by atoms with Gasteiger partial charge in [-0.1, -0.05) is 23.7 Å². The third-order valence-electron chi connectivity index (χ3n) is 3.72. The van der Waals surface area contributed by atoms with Crippen molar-refractivity contribution in [2.45, 2.75) is 6.92 Å². The molecule has 2 nitrogen and oxygen atoms in total. The van der Waals surface area contributed by atoms with Crippen LogP contribution in [0.25, 0.3) is 31.7 Å². The standard InChI is InChI=1S/C19H12ClFN2S2/c1-11-17(25-19(22-11)13-2-6-14(20)7-3-13)16-10-24-18(23-16)12-4-8-15(21)9-5-12/h2-10H,1H3. The predicted molar refractivity (Wildman–Crippen MR) is 104 cm³/mol. The molecule has 0 aliphatic carbocycles. The Kier molecular flexibility index (Phi) is 4.37. The number of hydrogen-bond donors (Lipinski definition) is 0. The third kappa shape index (κ3) is 3.35. The van der Waals surface area contributed by atoms with Crippen molar-refractivity contribution in [1.29, 1.82) is 0 Å². The highest BCUT2D eigenvalue weighted by Gasteiger charge is 2.15. The first-order valence-corrected chi connectivity index (χ1v) is 9.63. The summed E-state index contributed by atoms with van der Waals surface area (Å²) < 4.78 is 13.1. The van der Waals surface area contributed by atoms with Gasteiger partial charge in [0.2, 0.25) is 0 Å². The maximum absolute atomic E-state index is 13.1. The number of benzene rings is 2. The van der Waals surface area contributed by atoms with Gasteiger partial charge in [0, 0.05) is 21.5 Å². The molecule has 0 saturated heterocycles. The van der Waals surface area contributed by atoms with Crippen molar-refractivity contribution in [1.82, 2.24) is 9.97 Å². The maximum Gasteiger partial charge on any atom is 0.124 e. The molecule has 0 saturated carbocycles. The van der Waals surface area contributed by atoms with Crippen LogP contribution in [0.4, 0.5) is 4.39 Å². The van der Waals surface area contributed by atoms with E-state index in [1.54, 1.807) is 34.8 Å². The Balaban J connectivity index is 1.69. The first-order chi connectivity index (χ1) is 12.1. The Morgan fingerprint density at radius 1 is 0.880 bits per heavy atom. The number of aromatic nitrogens is 2. The van der Waals surface area contributed by atoms with Gasteiger partial charge >= 0.3 is 0 Å². The average Bonchev–Trinajstić information content (AvgIpc) is 3.23. The summed E-state index contributed by atoms with van der Waals surface area (Å²) in [5.41, 5.74) is 3.81. The lowest BCUT2D eigenvalue weighted by Gasteiger charge is -1.96. The van der Waals surface area contributed by atoms with Crippen molar-refractivity contribution in [2.75, 3.05) is 0 Å². The van der Waals surface area contributed by atoms with E-state index < -0.39 is 0 Å². The quantitative estimate of drug-likeness (QED) is 0.391. The summed E-state index contributed by atoms with van der Waals surface area (Å²) >= 11 is 9.11. The molecule has 4 aromatic rings. The van der Waals surface area contributed by atoms with Crippen LogP contribution in [0.3, 0.4) is 0 Å². The van der Waals surface area contributed by atoms with E-state index in [-0.39, 0.29) is 5.82 Å². The van der Waals surface area contributed by atoms with Crippen molar-refractivity contribution in [3.8, 4) is 31.7 Å². The molecule has 0 radical (unpaired) electrons. The number of halogens is 2. The summed E-state index contributed by atoms with van der Waals surface area (Å²) in [5.74, 6) is -0.244. The number of nitrogens with zero attached hydrogens (tertiary/aromatic N) is 2. The van der Waals surface area contributed by atoms with E-state index in [9.17, 15) is 4.39 Å². The van der Waals surface area contributed by atoms with E-state index in [1.807, 2.05) is 36.6 Å². The molecule has 0 N–H and O–H groups in total. The molecule has 2 heterocycles. The lowest BCUT2D eigenvalue weighted by atomic mass is 10.2. The summed E-state index contributed by atoms with van der Waals surface area (Å²) in [6, 6.07) is 14.1. The van der Waals surface area contributed by atoms with Crippen LogP contribution >= 0.6 is 34.3 Å². The van der Waals surface area contributed by atoms with Crippen molar-refractivity contribution in [3.63, 3.8) is 0 Å². The van der Waals surface area contributed by atoms with E-state index in [1.165, 1.54) is 12.1 Å². The normalized spacial score (nSPS) is 11.0. The Hall–Kier alpha value is -2.08. The molecule has 25 heavy (non-hydrogen) atoms. The van der Waals surface area contributed by atoms with Gasteiger partial charge in [0.15, 0.2) is 0 Å². The number of rotatable bonds is 3. The van der Waals surface area contributed by atoms with Gasteiger partial charge in [0.1, 0.15) is 15.8 Å². The molecule has 4 rings (SSSR count). The van der Waals surface area contributed by atoms with Gasteiger partial charge in [0.25, 0.3) is 0 Å². The van der Waals surface area contributed by atoms with Crippen LogP contribution in [-0.4, -0.2) is 9.97 Å². The summed E-state index contributed by atoms with van der Waals surface area (Å²) in [4.78, 5) is 10.4. The topological polar surface area (TPSA) is 25.8 Å². The molecule has 0 aliphatic rings. The molecule has 2 aromatic heterocycles. The molecule has 6 heteroatoms. The first-order valence-electron chi connectivity index (χ1n) is 7.55. The molecule has 0 spiro atoms. The van der Waals surface area contributed by atoms with Gasteiger partial charge in [0.05, 0.1) is 16.3 Å². The van der Waals surface area contributed by atoms with E-state index in [0.717, 1.165) is 37.4 Å². The predicted octanol–water partition coefficient (Wildman–Crippen LogP) is 6.70. The first kappa shape index (κ1) is 16.4. The van der Waals surface area contributed by atoms with E-state index >= 15 is 0 Å². The van der Waals surface area contributed by atoms with E-state index in [4.69, 9.17) is 16.6 Å². The third-order valence-corrected chi connectivity index (χ3v) is 6.09. The largest absolute Gasteiger partial charge is 0.241 e. The van der Waals surface area contributed by atoms with Crippen LogP contribution in [0.2, 0.25) is 5.02 Å². The Morgan fingerprint density at radius 3 is 2.24 bits per heavy atom. The van der Waals surface area contributed by atoms with Gasteiger partial charge in [-0.15, -0.1) is 22.7 Å². The van der Waals surface area contributed by atoms with Crippen LogP contribution in [0, 0.1) is 12.7 Å². The number of aryl methyl sites for hydroxylation is 1. The van der Waals surface area contributed by atoms with Gasteiger partial charge in [-0.3, -0.25) is 0 Å². The van der Waals surface area contributed by atoms with Gasteiger partial charge in [-0.2, -0.15) is 0 Å². The molecule has 2 aromatic carbocycles. The minimum Gasteiger partial charge on any atom is -0.241 e. The van der Waals surface area contributed by atoms with Crippen LogP contribution in [0.15, 0.2) is 53.9 Å². The Bertz CT molecular complexity index is 1020. The summed E-state index contributed by atoms with van der Waals surface area (Å²) in [7, 11) is 0. The fourth-order valence-corrected chi connectivity index (χ4v) is 4.50. The highest BCUT2D eigenvalue weighted by atomic mass is 35.5. The second-order valence-corrected chi connectivity index (χ2v) is 7.78. The summed E-state index contributed by atoms with van der Waals surface area (Å²) in [6.07, 6.45) is 0. The zero-order valence-corrected chi connectivity index (χ0v) is 15.6. The maximum atomic E-state index is 13.1. The SMILES string of the molecule is Cc1nc(-c2ccc(Cl)cc2)sc1-c1csc(-c2ccc(F)cc2)n1. The fraction of sp³-hybridized carbons (Fsp3) is 0.0526. The highest BCUT2D eigenvalue weighted by molar-refractivity contribution is 7.19. The number of thiazole rings is 2. The number of hydrogen-bond acceptors (Lipinski definition) is 4. The highest BCUT2D eigenvalue weighted by Crippen LogP contribution is 2.37. The minimum atomic E-state index is -0.244. The molecular weight excluding hydrogens is 375 g/mol. The molecule has 0 bridgehead atoms. The van der Waals surface area contributed by atoms with Gasteiger partial charge < -0.3 is 0 Å². The molecule has 0 amide bonds. The van der Waals surface area contributed by atoms with Crippen molar-refractivity contribution in [3.05, 3.63) is 70.4 Å².